The Bertz CT molecular complexity index is 399. The molecule has 2 heterocycles. The average Bonchev–Trinajstić information content (AvgIpc) is 2.96. The average molecular weight is 280 g/mol. The van der Waals surface area contributed by atoms with Crippen LogP contribution in [-0.2, 0) is 9.59 Å². The number of hydrogen-bond donors (Lipinski definition) is 2. The van der Waals surface area contributed by atoms with Gasteiger partial charge >= 0.3 is 5.97 Å². The molecule has 20 heavy (non-hydrogen) atoms. The fourth-order valence-electron chi connectivity index (χ4n) is 4.07. The van der Waals surface area contributed by atoms with E-state index in [1.165, 1.54) is 25.7 Å². The van der Waals surface area contributed by atoms with E-state index in [4.69, 9.17) is 5.11 Å². The number of piperidine rings is 1. The van der Waals surface area contributed by atoms with Gasteiger partial charge in [0.2, 0.25) is 5.91 Å². The van der Waals surface area contributed by atoms with Crippen molar-refractivity contribution in [1.29, 1.82) is 0 Å². The fraction of sp³-hybridized carbons (Fsp3) is 0.867. The van der Waals surface area contributed by atoms with E-state index in [9.17, 15) is 9.59 Å². The van der Waals surface area contributed by atoms with Crippen molar-refractivity contribution in [2.24, 2.45) is 11.8 Å². The van der Waals surface area contributed by atoms with Crippen LogP contribution in [0, 0.1) is 11.8 Å². The highest BCUT2D eigenvalue weighted by Gasteiger charge is 2.38. The number of likely N-dealkylation sites (tertiary alicyclic amines) is 1. The van der Waals surface area contributed by atoms with Crippen LogP contribution in [0.4, 0.5) is 0 Å². The first-order valence-electron chi connectivity index (χ1n) is 7.93. The van der Waals surface area contributed by atoms with E-state index in [-0.39, 0.29) is 17.9 Å². The van der Waals surface area contributed by atoms with Gasteiger partial charge in [-0.3, -0.25) is 9.59 Å². The van der Waals surface area contributed by atoms with E-state index in [0.717, 1.165) is 18.8 Å². The highest BCUT2D eigenvalue weighted by atomic mass is 16.4. The Kier molecular flexibility index (Phi) is 3.96. The van der Waals surface area contributed by atoms with Crippen LogP contribution in [-0.4, -0.2) is 47.1 Å². The molecule has 0 aromatic heterocycles. The van der Waals surface area contributed by atoms with E-state index in [2.05, 4.69) is 5.32 Å². The van der Waals surface area contributed by atoms with Crippen molar-refractivity contribution in [3.8, 4) is 0 Å². The minimum absolute atomic E-state index is 0.0816. The molecule has 1 saturated carbocycles. The largest absolute Gasteiger partial charge is 0.481 e. The van der Waals surface area contributed by atoms with Gasteiger partial charge < -0.3 is 15.3 Å². The smallest absolute Gasteiger partial charge is 0.308 e. The molecule has 0 bridgehead atoms. The predicted molar refractivity (Wildman–Crippen MR) is 74.2 cm³/mol. The number of amides is 1. The van der Waals surface area contributed by atoms with Crippen LogP contribution in [0.1, 0.15) is 44.9 Å². The van der Waals surface area contributed by atoms with Crippen LogP contribution in [0.15, 0.2) is 0 Å². The van der Waals surface area contributed by atoms with Crippen molar-refractivity contribution in [3.05, 3.63) is 0 Å². The third-order valence-electron chi connectivity index (χ3n) is 5.30. The Morgan fingerprint density at radius 2 is 1.85 bits per heavy atom. The van der Waals surface area contributed by atoms with Crippen LogP contribution in [0.5, 0.6) is 0 Å². The van der Waals surface area contributed by atoms with Gasteiger partial charge in [0.1, 0.15) is 0 Å². The van der Waals surface area contributed by atoms with E-state index in [1.54, 1.807) is 4.90 Å². The molecule has 3 aliphatic rings. The van der Waals surface area contributed by atoms with Crippen molar-refractivity contribution < 1.29 is 14.7 Å². The van der Waals surface area contributed by atoms with Crippen molar-refractivity contribution in [3.63, 3.8) is 0 Å². The summed E-state index contributed by atoms with van der Waals surface area (Å²) in [5.41, 5.74) is 0. The van der Waals surface area contributed by atoms with Gasteiger partial charge in [0, 0.05) is 19.1 Å². The summed E-state index contributed by atoms with van der Waals surface area (Å²) in [6, 6.07) is 0.422. The Morgan fingerprint density at radius 1 is 1.05 bits per heavy atom. The van der Waals surface area contributed by atoms with Gasteiger partial charge in [0.05, 0.1) is 12.0 Å². The van der Waals surface area contributed by atoms with Crippen LogP contribution in [0.25, 0.3) is 0 Å². The van der Waals surface area contributed by atoms with Crippen LogP contribution >= 0.6 is 0 Å². The molecule has 3 rings (SSSR count). The molecule has 4 atom stereocenters. The number of carboxylic acids is 1. The lowest BCUT2D eigenvalue weighted by atomic mass is 9.77. The Hall–Kier alpha value is -1.10. The number of carboxylic acid groups (broad SMARTS) is 1. The third kappa shape index (κ3) is 2.68. The first kappa shape index (κ1) is 13.9. The molecule has 1 amide bonds. The second-order valence-electron chi connectivity index (χ2n) is 6.56. The Labute approximate surface area is 119 Å². The lowest BCUT2D eigenvalue weighted by Crippen LogP contribution is -2.55. The summed E-state index contributed by atoms with van der Waals surface area (Å²) in [5.74, 6) is -0.273. The Morgan fingerprint density at radius 3 is 2.60 bits per heavy atom. The normalized spacial score (nSPS) is 37.5. The Balaban J connectivity index is 1.57. The number of carbonyl (C=O) groups excluding carboxylic acids is 1. The van der Waals surface area contributed by atoms with Gasteiger partial charge in [0.15, 0.2) is 0 Å². The number of carbonyl (C=O) groups is 2. The molecule has 0 aromatic rings. The van der Waals surface area contributed by atoms with E-state index in [1.807, 2.05) is 0 Å². The first-order valence-corrected chi connectivity index (χ1v) is 7.93. The molecule has 3 fully saturated rings. The van der Waals surface area contributed by atoms with Crippen molar-refractivity contribution >= 4 is 11.9 Å². The molecule has 2 saturated heterocycles. The molecular weight excluding hydrogens is 256 g/mol. The fourth-order valence-corrected chi connectivity index (χ4v) is 4.07. The zero-order valence-electron chi connectivity index (χ0n) is 11.9. The monoisotopic (exact) mass is 280 g/mol. The number of nitrogens with zero attached hydrogens (tertiary/aromatic N) is 1. The van der Waals surface area contributed by atoms with E-state index < -0.39 is 5.97 Å². The minimum atomic E-state index is -0.774. The summed E-state index contributed by atoms with van der Waals surface area (Å²) in [7, 11) is 0. The number of hydrogen-bond acceptors (Lipinski definition) is 3. The first-order chi connectivity index (χ1) is 9.65. The molecule has 5 nitrogen and oxygen atoms in total. The van der Waals surface area contributed by atoms with Gasteiger partial charge in [-0.15, -0.1) is 0 Å². The van der Waals surface area contributed by atoms with Gasteiger partial charge in [-0.05, 0) is 38.0 Å². The summed E-state index contributed by atoms with van der Waals surface area (Å²) in [6.07, 6.45) is 7.72. The van der Waals surface area contributed by atoms with Gasteiger partial charge in [-0.25, -0.2) is 0 Å². The number of fused-ring (bicyclic) bond motifs is 1. The van der Waals surface area contributed by atoms with Crippen molar-refractivity contribution in [2.75, 3.05) is 13.1 Å². The summed E-state index contributed by atoms with van der Waals surface area (Å²) in [4.78, 5) is 25.2. The standard InChI is InChI=1S/C15H24N2O3/c18-14(17-8-7-11(9-17)15(19)20)13-6-5-10-3-1-2-4-12(10)16-13/h10-13,16H,1-9H2,(H,19,20). The van der Waals surface area contributed by atoms with E-state index in [0.29, 0.717) is 25.6 Å². The second kappa shape index (κ2) is 5.72. The lowest BCUT2D eigenvalue weighted by molar-refractivity contribution is -0.141. The van der Waals surface area contributed by atoms with Gasteiger partial charge in [-0.1, -0.05) is 12.8 Å². The second-order valence-corrected chi connectivity index (χ2v) is 6.56. The third-order valence-corrected chi connectivity index (χ3v) is 5.30. The molecule has 2 aliphatic heterocycles. The molecule has 2 N–H and O–H groups in total. The van der Waals surface area contributed by atoms with Crippen molar-refractivity contribution in [1.82, 2.24) is 10.2 Å². The molecular formula is C15H24N2O3. The maximum absolute atomic E-state index is 12.5. The molecule has 0 spiro atoms. The quantitative estimate of drug-likeness (QED) is 0.798. The summed E-state index contributed by atoms with van der Waals surface area (Å²) >= 11 is 0. The number of nitrogens with one attached hydrogen (secondary N) is 1. The highest BCUT2D eigenvalue weighted by molar-refractivity contribution is 5.83. The maximum Gasteiger partial charge on any atom is 0.308 e. The SMILES string of the molecule is O=C(O)C1CCN(C(=O)C2CCC3CCCCC3N2)C1. The van der Waals surface area contributed by atoms with E-state index >= 15 is 0 Å². The maximum atomic E-state index is 12.5. The molecule has 4 unspecified atom stereocenters. The lowest BCUT2D eigenvalue weighted by Gasteiger charge is -2.40. The van der Waals surface area contributed by atoms with Gasteiger partial charge in [0.25, 0.3) is 0 Å². The molecule has 0 aromatic carbocycles. The number of rotatable bonds is 2. The number of aliphatic carboxylic acids is 1. The molecule has 0 radical (unpaired) electrons. The topological polar surface area (TPSA) is 69.6 Å². The zero-order valence-corrected chi connectivity index (χ0v) is 11.9. The molecule has 112 valence electrons. The summed E-state index contributed by atoms with van der Waals surface area (Å²) < 4.78 is 0. The summed E-state index contributed by atoms with van der Waals surface area (Å²) in [6.45, 7) is 0.989. The highest BCUT2D eigenvalue weighted by Crippen LogP contribution is 2.33. The summed E-state index contributed by atoms with van der Waals surface area (Å²) in [5, 5.41) is 12.6. The molecule has 5 heteroatoms. The van der Waals surface area contributed by atoms with Gasteiger partial charge in [-0.2, -0.15) is 0 Å². The zero-order chi connectivity index (χ0) is 14.1. The minimum Gasteiger partial charge on any atom is -0.481 e. The van der Waals surface area contributed by atoms with Crippen LogP contribution in [0.3, 0.4) is 0 Å². The predicted octanol–water partition coefficient (Wildman–Crippen LogP) is 1.23. The molecule has 1 aliphatic carbocycles. The van der Waals surface area contributed by atoms with Crippen LogP contribution < -0.4 is 5.32 Å². The van der Waals surface area contributed by atoms with Crippen LogP contribution in [0.2, 0.25) is 0 Å². The van der Waals surface area contributed by atoms with Crippen molar-refractivity contribution in [2.45, 2.75) is 57.0 Å².